The lowest BCUT2D eigenvalue weighted by atomic mass is 9.88. The van der Waals surface area contributed by atoms with E-state index in [4.69, 9.17) is 0 Å². The van der Waals surface area contributed by atoms with Gasteiger partial charge in [0, 0.05) is 12.6 Å². The molecule has 2 aromatic rings. The third kappa shape index (κ3) is 3.39. The molecule has 116 valence electrons. The van der Waals surface area contributed by atoms with Crippen LogP contribution in [-0.2, 0) is 16.3 Å². The predicted molar refractivity (Wildman–Crippen MR) is 88.6 cm³/mol. The highest BCUT2D eigenvalue weighted by molar-refractivity contribution is 7.91. The molecule has 0 aromatic heterocycles. The fraction of sp³-hybridized carbons (Fsp3) is 0.333. The molecule has 3 nitrogen and oxygen atoms in total. The van der Waals surface area contributed by atoms with Crippen LogP contribution in [0.4, 0.5) is 0 Å². The minimum Gasteiger partial charge on any atom is -0.309 e. The van der Waals surface area contributed by atoms with E-state index in [-0.39, 0.29) is 11.8 Å². The van der Waals surface area contributed by atoms with Crippen LogP contribution in [-0.4, -0.2) is 20.7 Å². The fourth-order valence-electron chi connectivity index (χ4n) is 3.08. The Balaban J connectivity index is 1.63. The quantitative estimate of drug-likeness (QED) is 0.922. The lowest BCUT2D eigenvalue weighted by Gasteiger charge is -2.26. The van der Waals surface area contributed by atoms with Crippen molar-refractivity contribution in [3.8, 4) is 0 Å². The van der Waals surface area contributed by atoms with Gasteiger partial charge >= 0.3 is 0 Å². The molecule has 0 fully saturated rings. The molecule has 0 saturated heterocycles. The molecule has 0 amide bonds. The molecular weight excluding hydrogens is 294 g/mol. The van der Waals surface area contributed by atoms with Crippen LogP contribution in [0.2, 0.25) is 0 Å². The molecule has 0 saturated carbocycles. The van der Waals surface area contributed by atoms with Crippen molar-refractivity contribution in [3.63, 3.8) is 0 Å². The van der Waals surface area contributed by atoms with Crippen molar-refractivity contribution in [2.24, 2.45) is 0 Å². The summed E-state index contributed by atoms with van der Waals surface area (Å²) in [5, 5.41) is 3.42. The van der Waals surface area contributed by atoms with E-state index >= 15 is 0 Å². The molecule has 1 unspecified atom stereocenters. The van der Waals surface area contributed by atoms with Crippen molar-refractivity contribution in [1.82, 2.24) is 5.32 Å². The van der Waals surface area contributed by atoms with E-state index in [2.05, 4.69) is 29.6 Å². The zero-order valence-corrected chi connectivity index (χ0v) is 13.4. The number of benzene rings is 2. The molecule has 0 aliphatic heterocycles. The average Bonchev–Trinajstić information content (AvgIpc) is 2.56. The highest BCUT2D eigenvalue weighted by atomic mass is 32.2. The van der Waals surface area contributed by atoms with Crippen LogP contribution in [0.15, 0.2) is 59.5 Å². The van der Waals surface area contributed by atoms with Crippen LogP contribution in [0.5, 0.6) is 0 Å². The summed E-state index contributed by atoms with van der Waals surface area (Å²) in [5.74, 6) is 0.135. The number of fused-ring (bicyclic) bond motifs is 1. The molecule has 0 heterocycles. The summed E-state index contributed by atoms with van der Waals surface area (Å²) in [6, 6.07) is 17.4. The molecule has 1 aliphatic rings. The third-order valence-electron chi connectivity index (χ3n) is 4.23. The number of hydrogen-bond acceptors (Lipinski definition) is 3. The Labute approximate surface area is 132 Å². The van der Waals surface area contributed by atoms with Gasteiger partial charge in [0.05, 0.1) is 10.6 Å². The van der Waals surface area contributed by atoms with Crippen LogP contribution >= 0.6 is 0 Å². The molecule has 4 heteroatoms. The van der Waals surface area contributed by atoms with Gasteiger partial charge in [0.1, 0.15) is 0 Å². The lowest BCUT2D eigenvalue weighted by molar-refractivity contribution is 0.470. The highest BCUT2D eigenvalue weighted by Crippen LogP contribution is 2.29. The van der Waals surface area contributed by atoms with E-state index < -0.39 is 9.84 Å². The van der Waals surface area contributed by atoms with Gasteiger partial charge in [-0.15, -0.1) is 0 Å². The summed E-state index contributed by atoms with van der Waals surface area (Å²) < 4.78 is 24.6. The van der Waals surface area contributed by atoms with Crippen LogP contribution in [0.25, 0.3) is 0 Å². The van der Waals surface area contributed by atoms with Crippen molar-refractivity contribution >= 4 is 9.84 Å². The van der Waals surface area contributed by atoms with Gasteiger partial charge in [0.15, 0.2) is 9.84 Å². The van der Waals surface area contributed by atoms with E-state index in [0.717, 1.165) is 19.3 Å². The van der Waals surface area contributed by atoms with Crippen molar-refractivity contribution in [2.75, 3.05) is 12.3 Å². The summed E-state index contributed by atoms with van der Waals surface area (Å²) in [4.78, 5) is 0.404. The zero-order valence-electron chi connectivity index (χ0n) is 12.5. The fourth-order valence-corrected chi connectivity index (χ4v) is 4.27. The van der Waals surface area contributed by atoms with Gasteiger partial charge < -0.3 is 5.32 Å². The Morgan fingerprint density at radius 2 is 1.73 bits per heavy atom. The Morgan fingerprint density at radius 3 is 2.55 bits per heavy atom. The van der Waals surface area contributed by atoms with Crippen molar-refractivity contribution in [1.29, 1.82) is 0 Å². The first-order chi connectivity index (χ1) is 10.7. The summed E-state index contributed by atoms with van der Waals surface area (Å²) >= 11 is 0. The number of hydrogen-bond donors (Lipinski definition) is 1. The van der Waals surface area contributed by atoms with Gasteiger partial charge in [-0.2, -0.15) is 0 Å². The number of nitrogens with one attached hydrogen (secondary N) is 1. The molecule has 22 heavy (non-hydrogen) atoms. The zero-order chi connectivity index (χ0) is 15.4. The SMILES string of the molecule is O=S(=O)(CCNC1CCCc2ccccc21)c1ccccc1. The average molecular weight is 315 g/mol. The van der Waals surface area contributed by atoms with Crippen LogP contribution in [0.3, 0.4) is 0 Å². The smallest absolute Gasteiger partial charge is 0.179 e. The van der Waals surface area contributed by atoms with Gasteiger partial charge in [-0.25, -0.2) is 8.42 Å². The van der Waals surface area contributed by atoms with Gasteiger partial charge in [-0.1, -0.05) is 42.5 Å². The number of sulfone groups is 1. The normalized spacial score (nSPS) is 17.9. The van der Waals surface area contributed by atoms with Gasteiger partial charge in [-0.05, 0) is 42.5 Å². The minimum absolute atomic E-state index is 0.135. The summed E-state index contributed by atoms with van der Waals surface area (Å²) in [6.07, 6.45) is 3.35. The second kappa shape index (κ2) is 6.63. The molecule has 0 bridgehead atoms. The molecule has 0 spiro atoms. The van der Waals surface area contributed by atoms with Crippen molar-refractivity contribution < 1.29 is 8.42 Å². The molecule has 1 N–H and O–H groups in total. The lowest BCUT2D eigenvalue weighted by Crippen LogP contribution is -2.29. The molecule has 0 radical (unpaired) electrons. The summed E-state index contributed by atoms with van der Waals surface area (Å²) in [7, 11) is -3.20. The number of aryl methyl sites for hydroxylation is 1. The Kier molecular flexibility index (Phi) is 4.60. The Morgan fingerprint density at radius 1 is 1.00 bits per heavy atom. The summed E-state index contributed by atoms with van der Waals surface area (Å²) in [6.45, 7) is 0.482. The maximum atomic E-state index is 12.3. The largest absolute Gasteiger partial charge is 0.309 e. The van der Waals surface area contributed by atoms with Gasteiger partial charge in [-0.3, -0.25) is 0 Å². The summed E-state index contributed by atoms with van der Waals surface area (Å²) in [5.41, 5.74) is 2.71. The first kappa shape index (κ1) is 15.3. The van der Waals surface area contributed by atoms with Crippen molar-refractivity contribution in [2.45, 2.75) is 30.2 Å². The second-order valence-corrected chi connectivity index (χ2v) is 7.84. The second-order valence-electron chi connectivity index (χ2n) is 5.73. The Bertz CT molecular complexity index is 726. The highest BCUT2D eigenvalue weighted by Gasteiger charge is 2.20. The van der Waals surface area contributed by atoms with E-state index in [1.165, 1.54) is 11.1 Å². The number of rotatable bonds is 5. The van der Waals surface area contributed by atoms with E-state index in [1.807, 2.05) is 6.07 Å². The molecular formula is C18H21NO2S. The maximum Gasteiger partial charge on any atom is 0.179 e. The van der Waals surface area contributed by atoms with E-state index in [9.17, 15) is 8.42 Å². The topological polar surface area (TPSA) is 46.2 Å². The van der Waals surface area contributed by atoms with Crippen LogP contribution in [0, 0.1) is 0 Å². The maximum absolute atomic E-state index is 12.3. The third-order valence-corrected chi connectivity index (χ3v) is 5.97. The predicted octanol–water partition coefficient (Wildman–Crippen LogP) is 3.13. The minimum atomic E-state index is -3.20. The van der Waals surface area contributed by atoms with Gasteiger partial charge in [0.2, 0.25) is 0 Å². The van der Waals surface area contributed by atoms with E-state index in [0.29, 0.717) is 11.4 Å². The first-order valence-electron chi connectivity index (χ1n) is 7.76. The molecule has 1 aliphatic carbocycles. The first-order valence-corrected chi connectivity index (χ1v) is 9.41. The monoisotopic (exact) mass is 315 g/mol. The standard InChI is InChI=1S/C18H21NO2S/c20-22(21,16-9-2-1-3-10-16)14-13-19-18-12-6-8-15-7-4-5-11-17(15)18/h1-5,7,9-11,18-19H,6,8,12-14H2. The molecule has 3 rings (SSSR count). The van der Waals surface area contributed by atoms with Crippen LogP contribution in [0.1, 0.15) is 30.0 Å². The van der Waals surface area contributed by atoms with Crippen molar-refractivity contribution in [3.05, 3.63) is 65.7 Å². The molecule has 1 atom stereocenters. The van der Waals surface area contributed by atoms with Gasteiger partial charge in [0.25, 0.3) is 0 Å². The molecule has 2 aromatic carbocycles. The Hall–Kier alpha value is -1.65. The van der Waals surface area contributed by atoms with E-state index in [1.54, 1.807) is 24.3 Å². The van der Waals surface area contributed by atoms with Crippen LogP contribution < -0.4 is 5.32 Å².